The Hall–Kier alpha value is -2.69. The third-order valence-corrected chi connectivity index (χ3v) is 3.30. The average molecular weight is 270 g/mol. The maximum atomic E-state index is 13.4. The van der Waals surface area contributed by atoms with Gasteiger partial charge in [-0.25, -0.2) is 9.18 Å². The molecule has 0 spiro atoms. The molecule has 0 radical (unpaired) electrons. The van der Waals surface area contributed by atoms with Crippen LogP contribution in [0.15, 0.2) is 42.5 Å². The van der Waals surface area contributed by atoms with Gasteiger partial charge in [-0.15, -0.1) is 0 Å². The summed E-state index contributed by atoms with van der Waals surface area (Å²) in [5.74, 6) is -0.761. The summed E-state index contributed by atoms with van der Waals surface area (Å²) in [5.41, 5.74) is 7.15. The number of nitrogens with zero attached hydrogens (tertiary/aromatic N) is 1. The van der Waals surface area contributed by atoms with Gasteiger partial charge in [0.15, 0.2) is 5.78 Å². The summed E-state index contributed by atoms with van der Waals surface area (Å²) >= 11 is 0. The lowest BCUT2D eigenvalue weighted by Crippen LogP contribution is -2.32. The van der Waals surface area contributed by atoms with E-state index >= 15 is 0 Å². The molecule has 0 bridgehead atoms. The third kappa shape index (κ3) is 1.84. The van der Waals surface area contributed by atoms with Crippen molar-refractivity contribution in [3.63, 3.8) is 0 Å². The van der Waals surface area contributed by atoms with Gasteiger partial charge in [-0.3, -0.25) is 9.69 Å². The van der Waals surface area contributed by atoms with Crippen molar-refractivity contribution >= 4 is 23.2 Å². The van der Waals surface area contributed by atoms with Crippen molar-refractivity contribution < 1.29 is 14.0 Å². The number of nitrogens with two attached hydrogens (primary N) is 1. The normalized spacial score (nSPS) is 13.4. The van der Waals surface area contributed by atoms with E-state index in [4.69, 9.17) is 5.73 Å². The minimum Gasteiger partial charge on any atom is -0.351 e. The molecule has 0 fully saturated rings. The zero-order chi connectivity index (χ0) is 14.3. The van der Waals surface area contributed by atoms with Gasteiger partial charge in [0.25, 0.3) is 0 Å². The average Bonchev–Trinajstić information content (AvgIpc) is 2.53. The molecule has 2 aromatic rings. The summed E-state index contributed by atoms with van der Waals surface area (Å²) in [7, 11) is 0. The zero-order valence-electron chi connectivity index (χ0n) is 10.5. The van der Waals surface area contributed by atoms with Gasteiger partial charge in [0.05, 0.1) is 11.4 Å². The predicted molar refractivity (Wildman–Crippen MR) is 72.6 cm³/mol. The van der Waals surface area contributed by atoms with Crippen LogP contribution >= 0.6 is 0 Å². The number of rotatable bonds is 0. The summed E-state index contributed by atoms with van der Waals surface area (Å²) in [5, 5.41) is 0. The number of fused-ring (bicyclic) bond motifs is 2. The van der Waals surface area contributed by atoms with Crippen LogP contribution in [0.1, 0.15) is 15.9 Å². The molecule has 2 aromatic carbocycles. The smallest absolute Gasteiger partial charge is 0.323 e. The molecule has 20 heavy (non-hydrogen) atoms. The van der Waals surface area contributed by atoms with E-state index in [0.29, 0.717) is 16.9 Å². The van der Waals surface area contributed by atoms with Crippen molar-refractivity contribution in [1.29, 1.82) is 0 Å². The lowest BCUT2D eigenvalue weighted by atomic mass is 10.0. The molecular weight excluding hydrogens is 259 g/mol. The fourth-order valence-corrected chi connectivity index (χ4v) is 2.44. The standard InChI is InChI=1S/C15H11FN2O2/c16-10-5-6-13-11(8-10)14(19)7-9-3-1-2-4-12(9)18(13)15(17)20/h1-6,8H,7H2,(H2,17,20). The van der Waals surface area contributed by atoms with Crippen LogP contribution in [0, 0.1) is 5.82 Å². The first-order valence-corrected chi connectivity index (χ1v) is 6.08. The first kappa shape index (κ1) is 12.3. The number of Topliss-reactive ketones (excluding diaryl/α,β-unsaturated/α-hetero) is 1. The number of carbonyl (C=O) groups excluding carboxylic acids is 2. The molecule has 1 aliphatic rings. The van der Waals surface area contributed by atoms with Crippen molar-refractivity contribution in [2.24, 2.45) is 5.73 Å². The number of urea groups is 1. The van der Waals surface area contributed by atoms with Crippen molar-refractivity contribution in [3.05, 3.63) is 59.4 Å². The minimum atomic E-state index is -0.708. The fraction of sp³-hybridized carbons (Fsp3) is 0.0667. The molecule has 1 heterocycles. The molecular formula is C15H11FN2O2. The van der Waals surface area contributed by atoms with E-state index in [1.807, 2.05) is 0 Å². The summed E-state index contributed by atoms with van der Waals surface area (Å²) < 4.78 is 13.4. The second kappa shape index (κ2) is 4.45. The number of hydrogen-bond donors (Lipinski definition) is 1. The van der Waals surface area contributed by atoms with Gasteiger partial charge in [-0.2, -0.15) is 0 Å². The Morgan fingerprint density at radius 2 is 1.90 bits per heavy atom. The molecule has 3 rings (SSSR count). The molecule has 4 nitrogen and oxygen atoms in total. The Labute approximate surface area is 114 Å². The first-order chi connectivity index (χ1) is 9.58. The minimum absolute atomic E-state index is 0.108. The van der Waals surface area contributed by atoms with Gasteiger partial charge in [0.1, 0.15) is 5.82 Å². The van der Waals surface area contributed by atoms with E-state index in [0.717, 1.165) is 6.07 Å². The molecule has 2 amide bonds. The number of amides is 2. The van der Waals surface area contributed by atoms with Crippen LogP contribution in [-0.2, 0) is 6.42 Å². The van der Waals surface area contributed by atoms with Crippen LogP contribution in [0.4, 0.5) is 20.6 Å². The van der Waals surface area contributed by atoms with Crippen LogP contribution in [0.25, 0.3) is 0 Å². The van der Waals surface area contributed by atoms with Crippen molar-refractivity contribution in [2.75, 3.05) is 4.90 Å². The maximum Gasteiger partial charge on any atom is 0.323 e. The van der Waals surface area contributed by atoms with E-state index in [-0.39, 0.29) is 17.8 Å². The lowest BCUT2D eigenvalue weighted by molar-refractivity contribution is 0.0994. The molecule has 5 heteroatoms. The van der Waals surface area contributed by atoms with Gasteiger partial charge in [-0.05, 0) is 29.8 Å². The van der Waals surface area contributed by atoms with Crippen molar-refractivity contribution in [1.82, 2.24) is 0 Å². The summed E-state index contributed by atoms with van der Waals surface area (Å²) in [6, 6.07) is 10.0. The predicted octanol–water partition coefficient (Wildman–Crippen LogP) is 2.78. The van der Waals surface area contributed by atoms with Crippen molar-refractivity contribution in [3.8, 4) is 0 Å². The van der Waals surface area contributed by atoms with Crippen LogP contribution in [-0.4, -0.2) is 11.8 Å². The Bertz CT molecular complexity index is 728. The van der Waals surface area contributed by atoms with Crippen LogP contribution < -0.4 is 10.6 Å². The van der Waals surface area contributed by atoms with Crippen LogP contribution in [0.3, 0.4) is 0 Å². The Morgan fingerprint density at radius 1 is 1.15 bits per heavy atom. The van der Waals surface area contributed by atoms with Gasteiger partial charge in [0, 0.05) is 12.0 Å². The molecule has 0 saturated heterocycles. The Balaban J connectivity index is 2.32. The molecule has 0 saturated carbocycles. The van der Waals surface area contributed by atoms with Gasteiger partial charge < -0.3 is 5.73 Å². The molecule has 0 aliphatic carbocycles. The topological polar surface area (TPSA) is 63.4 Å². The highest BCUT2D eigenvalue weighted by atomic mass is 19.1. The van der Waals surface area contributed by atoms with Crippen molar-refractivity contribution in [2.45, 2.75) is 6.42 Å². The number of para-hydroxylation sites is 1. The number of halogens is 1. The number of hydrogen-bond acceptors (Lipinski definition) is 2. The Kier molecular flexibility index (Phi) is 2.75. The highest BCUT2D eigenvalue weighted by molar-refractivity contribution is 6.11. The first-order valence-electron chi connectivity index (χ1n) is 6.08. The third-order valence-electron chi connectivity index (χ3n) is 3.30. The zero-order valence-corrected chi connectivity index (χ0v) is 10.5. The molecule has 100 valence electrons. The maximum absolute atomic E-state index is 13.4. The molecule has 0 atom stereocenters. The van der Waals surface area contributed by atoms with E-state index in [2.05, 4.69) is 0 Å². The largest absolute Gasteiger partial charge is 0.351 e. The number of primary amides is 1. The fourth-order valence-electron chi connectivity index (χ4n) is 2.44. The number of carbonyl (C=O) groups is 2. The SMILES string of the molecule is NC(=O)N1c2ccccc2CC(=O)c2cc(F)ccc21. The highest BCUT2D eigenvalue weighted by Gasteiger charge is 2.28. The van der Waals surface area contributed by atoms with Crippen LogP contribution in [0.2, 0.25) is 0 Å². The molecule has 0 unspecified atom stereocenters. The second-order valence-electron chi connectivity index (χ2n) is 4.56. The van der Waals surface area contributed by atoms with Gasteiger partial charge in [0.2, 0.25) is 0 Å². The number of ketones is 1. The van der Waals surface area contributed by atoms with E-state index in [1.165, 1.54) is 17.0 Å². The summed E-state index contributed by atoms with van der Waals surface area (Å²) in [6.45, 7) is 0. The summed E-state index contributed by atoms with van der Waals surface area (Å²) in [4.78, 5) is 25.3. The van der Waals surface area contributed by atoms with Crippen LogP contribution in [0.5, 0.6) is 0 Å². The van der Waals surface area contributed by atoms with E-state index in [1.54, 1.807) is 24.3 Å². The molecule has 2 N–H and O–H groups in total. The highest BCUT2D eigenvalue weighted by Crippen LogP contribution is 2.35. The van der Waals surface area contributed by atoms with Gasteiger partial charge in [-0.1, -0.05) is 18.2 Å². The van der Waals surface area contributed by atoms with Gasteiger partial charge >= 0.3 is 6.03 Å². The quantitative estimate of drug-likeness (QED) is 0.800. The summed E-state index contributed by atoms with van der Waals surface area (Å²) in [6.07, 6.45) is 0.108. The van der Waals surface area contributed by atoms with E-state index < -0.39 is 11.8 Å². The monoisotopic (exact) mass is 270 g/mol. The second-order valence-corrected chi connectivity index (χ2v) is 4.56. The Morgan fingerprint density at radius 3 is 2.65 bits per heavy atom. The number of anilines is 2. The molecule has 0 aromatic heterocycles. The molecule has 1 aliphatic heterocycles. The lowest BCUT2D eigenvalue weighted by Gasteiger charge is -2.22. The van der Waals surface area contributed by atoms with E-state index in [9.17, 15) is 14.0 Å². The number of benzene rings is 2.